The van der Waals surface area contributed by atoms with Crippen molar-refractivity contribution in [1.82, 2.24) is 14.5 Å². The number of nitrogens with zero attached hydrogens (tertiary/aromatic N) is 4. The molecule has 25 heavy (non-hydrogen) atoms. The molecule has 6 heteroatoms. The lowest BCUT2D eigenvalue weighted by atomic mass is 10.1. The molecule has 3 aromatic rings. The van der Waals surface area contributed by atoms with Crippen LogP contribution in [0.25, 0.3) is 16.6 Å². The highest BCUT2D eigenvalue weighted by atomic mass is 35.5. The lowest BCUT2D eigenvalue weighted by molar-refractivity contribution is 0.569. The minimum Gasteiger partial charge on any atom is -0.341 e. The largest absolute Gasteiger partial charge is 0.341 e. The lowest BCUT2D eigenvalue weighted by Gasteiger charge is -2.26. The summed E-state index contributed by atoms with van der Waals surface area (Å²) in [5.74, 6) is 0.711. The number of halogens is 1. The van der Waals surface area contributed by atoms with Crippen LogP contribution < -0.4 is 10.5 Å². The van der Waals surface area contributed by atoms with E-state index in [1.807, 2.05) is 25.1 Å². The average Bonchev–Trinajstić information content (AvgIpc) is 2.65. The van der Waals surface area contributed by atoms with Gasteiger partial charge in [-0.1, -0.05) is 17.7 Å². The second-order valence-electron chi connectivity index (χ2n) is 6.44. The van der Waals surface area contributed by atoms with E-state index in [1.54, 1.807) is 23.0 Å². The van der Waals surface area contributed by atoms with E-state index in [2.05, 4.69) is 14.9 Å². The van der Waals surface area contributed by atoms with Gasteiger partial charge in [-0.3, -0.25) is 9.36 Å². The minimum absolute atomic E-state index is 0.131. The number of hydrogen-bond acceptors (Lipinski definition) is 4. The maximum Gasteiger partial charge on any atom is 0.266 e. The number of aryl methyl sites for hydroxylation is 1. The zero-order chi connectivity index (χ0) is 17.4. The van der Waals surface area contributed by atoms with Gasteiger partial charge < -0.3 is 4.90 Å². The maximum atomic E-state index is 12.9. The Bertz CT molecular complexity index is 992. The zero-order valence-corrected chi connectivity index (χ0v) is 14.8. The predicted molar refractivity (Wildman–Crippen MR) is 101 cm³/mol. The highest BCUT2D eigenvalue weighted by Gasteiger charge is 2.15. The van der Waals surface area contributed by atoms with E-state index >= 15 is 0 Å². The van der Waals surface area contributed by atoms with Crippen LogP contribution in [-0.2, 0) is 0 Å². The Morgan fingerprint density at radius 3 is 2.72 bits per heavy atom. The predicted octanol–water partition coefficient (Wildman–Crippen LogP) is 3.73. The van der Waals surface area contributed by atoms with Crippen LogP contribution in [0.4, 0.5) is 5.95 Å². The quantitative estimate of drug-likeness (QED) is 0.703. The molecule has 1 aromatic carbocycles. The van der Waals surface area contributed by atoms with Crippen molar-refractivity contribution in [2.24, 2.45) is 0 Å². The molecule has 4 rings (SSSR count). The Morgan fingerprint density at radius 1 is 1.12 bits per heavy atom. The van der Waals surface area contributed by atoms with Crippen LogP contribution in [0.1, 0.15) is 24.8 Å². The number of rotatable bonds is 2. The molecule has 0 N–H and O–H groups in total. The van der Waals surface area contributed by atoms with Crippen LogP contribution in [0.3, 0.4) is 0 Å². The molecule has 1 aliphatic rings. The summed E-state index contributed by atoms with van der Waals surface area (Å²) in [6.45, 7) is 3.91. The van der Waals surface area contributed by atoms with E-state index < -0.39 is 0 Å². The molecule has 1 fully saturated rings. The molecule has 0 saturated carbocycles. The van der Waals surface area contributed by atoms with Crippen LogP contribution in [0.15, 0.2) is 41.5 Å². The van der Waals surface area contributed by atoms with Gasteiger partial charge in [-0.25, -0.2) is 9.97 Å². The Kier molecular flexibility index (Phi) is 4.17. The third-order valence-corrected chi connectivity index (χ3v) is 4.94. The average molecular weight is 355 g/mol. The van der Waals surface area contributed by atoms with Gasteiger partial charge in [0.1, 0.15) is 0 Å². The summed E-state index contributed by atoms with van der Waals surface area (Å²) in [5, 5.41) is 1.12. The SMILES string of the molecule is Cc1ccc(Cl)cc1-n1ccc2nc(N3CCCCC3)ncc2c1=O. The van der Waals surface area contributed by atoms with E-state index in [4.69, 9.17) is 11.6 Å². The van der Waals surface area contributed by atoms with Gasteiger partial charge in [-0.2, -0.15) is 0 Å². The zero-order valence-electron chi connectivity index (χ0n) is 14.1. The molecule has 0 spiro atoms. The molecule has 0 amide bonds. The third kappa shape index (κ3) is 3.00. The van der Waals surface area contributed by atoms with Crippen molar-refractivity contribution in [2.45, 2.75) is 26.2 Å². The smallest absolute Gasteiger partial charge is 0.266 e. The summed E-state index contributed by atoms with van der Waals surface area (Å²) in [4.78, 5) is 24.1. The molecule has 5 nitrogen and oxygen atoms in total. The van der Waals surface area contributed by atoms with Crippen LogP contribution in [0.2, 0.25) is 5.02 Å². The lowest BCUT2D eigenvalue weighted by Crippen LogP contribution is -2.31. The van der Waals surface area contributed by atoms with Gasteiger partial charge in [0.15, 0.2) is 0 Å². The monoisotopic (exact) mass is 354 g/mol. The number of benzene rings is 1. The number of piperidine rings is 1. The molecular formula is C19H19ClN4O. The first-order valence-electron chi connectivity index (χ1n) is 8.53. The van der Waals surface area contributed by atoms with Crippen molar-refractivity contribution < 1.29 is 0 Å². The number of hydrogen-bond donors (Lipinski definition) is 0. The molecule has 0 atom stereocenters. The van der Waals surface area contributed by atoms with E-state index in [0.717, 1.165) is 37.2 Å². The van der Waals surface area contributed by atoms with E-state index in [1.165, 1.54) is 6.42 Å². The minimum atomic E-state index is -0.131. The summed E-state index contributed by atoms with van der Waals surface area (Å²) in [6.07, 6.45) is 6.99. The standard InChI is InChI=1S/C19H19ClN4O/c1-13-5-6-14(20)11-17(13)24-10-7-16-15(18(24)25)12-21-19(22-16)23-8-3-2-4-9-23/h5-7,10-12H,2-4,8-9H2,1H3. The normalized spacial score (nSPS) is 14.9. The topological polar surface area (TPSA) is 51.0 Å². The van der Waals surface area contributed by atoms with Crippen molar-refractivity contribution in [1.29, 1.82) is 0 Å². The van der Waals surface area contributed by atoms with E-state index in [9.17, 15) is 4.79 Å². The van der Waals surface area contributed by atoms with Gasteiger partial charge >= 0.3 is 0 Å². The fraction of sp³-hybridized carbons (Fsp3) is 0.316. The first-order valence-corrected chi connectivity index (χ1v) is 8.91. The Balaban J connectivity index is 1.81. The summed E-state index contributed by atoms with van der Waals surface area (Å²) in [6, 6.07) is 7.39. The molecule has 1 aliphatic heterocycles. The molecule has 0 aliphatic carbocycles. The van der Waals surface area contributed by atoms with Gasteiger partial charge in [0.25, 0.3) is 5.56 Å². The number of pyridine rings is 1. The van der Waals surface area contributed by atoms with Crippen molar-refractivity contribution in [2.75, 3.05) is 18.0 Å². The Hall–Kier alpha value is -2.40. The first kappa shape index (κ1) is 16.1. The Morgan fingerprint density at radius 2 is 1.92 bits per heavy atom. The van der Waals surface area contributed by atoms with E-state index in [-0.39, 0.29) is 5.56 Å². The van der Waals surface area contributed by atoms with Crippen molar-refractivity contribution >= 4 is 28.5 Å². The highest BCUT2D eigenvalue weighted by molar-refractivity contribution is 6.30. The third-order valence-electron chi connectivity index (χ3n) is 4.71. The number of fused-ring (bicyclic) bond motifs is 1. The van der Waals surface area contributed by atoms with Crippen LogP contribution >= 0.6 is 11.6 Å². The van der Waals surface area contributed by atoms with E-state index in [0.29, 0.717) is 21.9 Å². The van der Waals surface area contributed by atoms with Gasteiger partial charge in [0.2, 0.25) is 5.95 Å². The molecule has 2 aromatic heterocycles. The van der Waals surface area contributed by atoms with Crippen molar-refractivity contribution in [3.05, 3.63) is 57.6 Å². The Labute approximate surface area is 150 Å². The highest BCUT2D eigenvalue weighted by Crippen LogP contribution is 2.21. The van der Waals surface area contributed by atoms with Crippen molar-refractivity contribution in [3.63, 3.8) is 0 Å². The van der Waals surface area contributed by atoms with Gasteiger partial charge in [-0.15, -0.1) is 0 Å². The number of anilines is 1. The summed E-state index contributed by atoms with van der Waals surface area (Å²) in [7, 11) is 0. The summed E-state index contributed by atoms with van der Waals surface area (Å²) >= 11 is 6.10. The number of aromatic nitrogens is 3. The summed E-state index contributed by atoms with van der Waals surface area (Å²) < 4.78 is 1.60. The van der Waals surface area contributed by atoms with Crippen LogP contribution in [0, 0.1) is 6.92 Å². The fourth-order valence-corrected chi connectivity index (χ4v) is 3.46. The van der Waals surface area contributed by atoms with Gasteiger partial charge in [-0.05, 0) is 49.9 Å². The molecular weight excluding hydrogens is 336 g/mol. The maximum absolute atomic E-state index is 12.9. The molecule has 1 saturated heterocycles. The molecule has 3 heterocycles. The summed E-state index contributed by atoms with van der Waals surface area (Å²) in [5.41, 5.74) is 2.31. The first-order chi connectivity index (χ1) is 12.1. The van der Waals surface area contributed by atoms with Crippen LogP contribution in [-0.4, -0.2) is 27.6 Å². The second-order valence-corrected chi connectivity index (χ2v) is 6.87. The molecule has 0 radical (unpaired) electrons. The molecule has 128 valence electrons. The van der Waals surface area contributed by atoms with Gasteiger partial charge in [0.05, 0.1) is 16.6 Å². The van der Waals surface area contributed by atoms with Crippen LogP contribution in [0.5, 0.6) is 0 Å². The second kappa shape index (κ2) is 6.48. The molecule has 0 unspecified atom stereocenters. The van der Waals surface area contributed by atoms with Gasteiger partial charge in [0, 0.05) is 30.5 Å². The molecule has 0 bridgehead atoms. The fourth-order valence-electron chi connectivity index (χ4n) is 3.30. The van der Waals surface area contributed by atoms with Crippen molar-refractivity contribution in [3.8, 4) is 5.69 Å².